The van der Waals surface area contributed by atoms with E-state index in [1.54, 1.807) is 17.9 Å². The van der Waals surface area contributed by atoms with Gasteiger partial charge in [0.05, 0.1) is 5.69 Å². The first-order valence-electron chi connectivity index (χ1n) is 8.63. The average Bonchev–Trinajstić information content (AvgIpc) is 3.07. The van der Waals surface area contributed by atoms with Crippen LogP contribution < -0.4 is 0 Å². The summed E-state index contributed by atoms with van der Waals surface area (Å²) in [6.07, 6.45) is 2.54. The lowest BCUT2D eigenvalue weighted by molar-refractivity contribution is 0.0672. The van der Waals surface area contributed by atoms with E-state index in [2.05, 4.69) is 10.1 Å². The highest BCUT2D eigenvalue weighted by atomic mass is 16.2. The summed E-state index contributed by atoms with van der Waals surface area (Å²) in [5.41, 5.74) is 2.99. The summed E-state index contributed by atoms with van der Waals surface area (Å²) in [5, 5.41) is 4.26. The molecule has 1 unspecified atom stereocenters. The Morgan fingerprint density at radius 2 is 1.96 bits per heavy atom. The zero-order valence-corrected chi connectivity index (χ0v) is 15.2. The molecule has 2 aromatic rings. The van der Waals surface area contributed by atoms with Gasteiger partial charge in [-0.25, -0.2) is 0 Å². The fourth-order valence-corrected chi connectivity index (χ4v) is 3.36. The van der Waals surface area contributed by atoms with Crippen molar-refractivity contribution in [2.75, 3.05) is 19.6 Å². The molecule has 0 aliphatic carbocycles. The molecule has 1 N–H and O–H groups in total. The third kappa shape index (κ3) is 3.31. The monoisotopic (exact) mass is 343 g/mol. The zero-order chi connectivity index (χ0) is 18.1. The molecule has 3 rings (SSSR count). The molecule has 25 heavy (non-hydrogen) atoms. The lowest BCUT2D eigenvalue weighted by atomic mass is 10.2. The van der Waals surface area contributed by atoms with Crippen LogP contribution in [-0.2, 0) is 7.05 Å². The van der Waals surface area contributed by atoms with Crippen molar-refractivity contribution in [3.63, 3.8) is 0 Å². The van der Waals surface area contributed by atoms with Gasteiger partial charge in [0, 0.05) is 38.9 Å². The van der Waals surface area contributed by atoms with Crippen LogP contribution in [0, 0.1) is 13.8 Å². The van der Waals surface area contributed by atoms with Crippen molar-refractivity contribution in [2.45, 2.75) is 33.2 Å². The highest BCUT2D eigenvalue weighted by Gasteiger charge is 2.29. The standard InChI is InChI=1S/C18H25N5O2/c1-12-5-7-19-16(12)18(25)22-8-6-14(3)23(10-9-22)17(24)15-11-13(2)20-21(15)4/h5,7,11,14,19H,6,8-10H2,1-4H3. The predicted molar refractivity (Wildman–Crippen MR) is 94.5 cm³/mol. The Kier molecular flexibility index (Phi) is 4.65. The molecular weight excluding hydrogens is 318 g/mol. The van der Waals surface area contributed by atoms with Gasteiger partial charge in [-0.15, -0.1) is 0 Å². The van der Waals surface area contributed by atoms with Crippen LogP contribution in [0.25, 0.3) is 0 Å². The van der Waals surface area contributed by atoms with E-state index in [1.165, 1.54) is 0 Å². The molecule has 0 radical (unpaired) electrons. The summed E-state index contributed by atoms with van der Waals surface area (Å²) >= 11 is 0. The number of hydrogen-bond acceptors (Lipinski definition) is 3. The molecule has 1 saturated heterocycles. The van der Waals surface area contributed by atoms with Crippen molar-refractivity contribution in [1.82, 2.24) is 24.6 Å². The summed E-state index contributed by atoms with van der Waals surface area (Å²) in [6, 6.07) is 3.78. The number of carbonyl (C=O) groups excluding carboxylic acids is 2. The Morgan fingerprint density at radius 3 is 2.56 bits per heavy atom. The lowest BCUT2D eigenvalue weighted by Crippen LogP contribution is -2.41. The van der Waals surface area contributed by atoms with E-state index in [0.717, 1.165) is 17.7 Å². The van der Waals surface area contributed by atoms with Crippen molar-refractivity contribution < 1.29 is 9.59 Å². The second kappa shape index (κ2) is 6.74. The van der Waals surface area contributed by atoms with E-state index >= 15 is 0 Å². The Bertz CT molecular complexity index is 791. The topological polar surface area (TPSA) is 74.2 Å². The maximum Gasteiger partial charge on any atom is 0.272 e. The Balaban J connectivity index is 1.75. The van der Waals surface area contributed by atoms with E-state index in [1.807, 2.05) is 42.7 Å². The molecule has 1 atom stereocenters. The molecule has 0 saturated carbocycles. The Labute approximate surface area is 147 Å². The number of hydrogen-bond donors (Lipinski definition) is 1. The third-order valence-corrected chi connectivity index (χ3v) is 4.90. The number of aromatic nitrogens is 3. The minimum Gasteiger partial charge on any atom is -0.357 e. The predicted octanol–water partition coefficient (Wildman–Crippen LogP) is 1.74. The first kappa shape index (κ1) is 17.3. The number of aromatic amines is 1. The van der Waals surface area contributed by atoms with Gasteiger partial charge in [-0.05, 0) is 44.9 Å². The summed E-state index contributed by atoms with van der Waals surface area (Å²) in [6.45, 7) is 7.54. The van der Waals surface area contributed by atoms with E-state index in [0.29, 0.717) is 31.0 Å². The Morgan fingerprint density at radius 1 is 1.20 bits per heavy atom. The number of nitrogens with zero attached hydrogens (tertiary/aromatic N) is 4. The van der Waals surface area contributed by atoms with Gasteiger partial charge in [-0.2, -0.15) is 5.10 Å². The smallest absolute Gasteiger partial charge is 0.272 e. The molecule has 0 aromatic carbocycles. The van der Waals surface area contributed by atoms with E-state index in [9.17, 15) is 9.59 Å². The van der Waals surface area contributed by atoms with Crippen molar-refractivity contribution in [3.8, 4) is 0 Å². The van der Waals surface area contributed by atoms with Crippen LogP contribution in [0.1, 0.15) is 45.6 Å². The largest absolute Gasteiger partial charge is 0.357 e. The molecule has 7 heteroatoms. The van der Waals surface area contributed by atoms with E-state index in [-0.39, 0.29) is 17.9 Å². The van der Waals surface area contributed by atoms with Crippen LogP contribution in [0.5, 0.6) is 0 Å². The number of aryl methyl sites for hydroxylation is 3. The summed E-state index contributed by atoms with van der Waals surface area (Å²) in [5.74, 6) is -0.0265. The number of carbonyl (C=O) groups is 2. The van der Waals surface area contributed by atoms with Gasteiger partial charge in [-0.3, -0.25) is 14.3 Å². The molecule has 134 valence electrons. The molecule has 0 spiro atoms. The lowest BCUT2D eigenvalue weighted by Gasteiger charge is -2.26. The van der Waals surface area contributed by atoms with Gasteiger partial charge in [0.1, 0.15) is 11.4 Å². The van der Waals surface area contributed by atoms with Gasteiger partial charge in [0.2, 0.25) is 0 Å². The molecule has 1 aliphatic heterocycles. The second-order valence-electron chi connectivity index (χ2n) is 6.76. The SMILES string of the molecule is Cc1cc(C(=O)N2CCN(C(=O)c3[nH]ccc3C)CCC2C)n(C)n1. The summed E-state index contributed by atoms with van der Waals surface area (Å²) in [7, 11) is 1.78. The fraction of sp³-hybridized carbons (Fsp3) is 0.500. The van der Waals surface area contributed by atoms with Crippen LogP contribution in [0.3, 0.4) is 0 Å². The zero-order valence-electron chi connectivity index (χ0n) is 15.2. The molecule has 0 bridgehead atoms. The maximum atomic E-state index is 12.9. The number of H-pyrrole nitrogens is 1. The van der Waals surface area contributed by atoms with Gasteiger partial charge in [0.15, 0.2) is 0 Å². The van der Waals surface area contributed by atoms with Crippen molar-refractivity contribution in [2.24, 2.45) is 7.05 Å². The highest BCUT2D eigenvalue weighted by Crippen LogP contribution is 2.17. The van der Waals surface area contributed by atoms with Crippen LogP contribution in [-0.4, -0.2) is 62.1 Å². The number of amides is 2. The van der Waals surface area contributed by atoms with E-state index < -0.39 is 0 Å². The first-order chi connectivity index (χ1) is 11.9. The first-order valence-corrected chi connectivity index (χ1v) is 8.63. The van der Waals surface area contributed by atoms with Gasteiger partial charge >= 0.3 is 0 Å². The number of rotatable bonds is 2. The fourth-order valence-electron chi connectivity index (χ4n) is 3.36. The molecular formula is C18H25N5O2. The minimum absolute atomic E-state index is 0.000349. The number of nitrogens with one attached hydrogen (secondary N) is 1. The molecule has 3 heterocycles. The molecule has 1 aliphatic rings. The Hall–Kier alpha value is -2.57. The molecule has 7 nitrogen and oxygen atoms in total. The van der Waals surface area contributed by atoms with Crippen molar-refractivity contribution in [3.05, 3.63) is 41.0 Å². The van der Waals surface area contributed by atoms with Gasteiger partial charge in [0.25, 0.3) is 11.8 Å². The van der Waals surface area contributed by atoms with Crippen LogP contribution in [0.15, 0.2) is 18.3 Å². The van der Waals surface area contributed by atoms with Crippen molar-refractivity contribution >= 4 is 11.8 Å². The van der Waals surface area contributed by atoms with Crippen LogP contribution in [0.4, 0.5) is 0 Å². The van der Waals surface area contributed by atoms with E-state index in [4.69, 9.17) is 0 Å². The van der Waals surface area contributed by atoms with Gasteiger partial charge in [-0.1, -0.05) is 0 Å². The summed E-state index contributed by atoms with van der Waals surface area (Å²) in [4.78, 5) is 32.3. The summed E-state index contributed by atoms with van der Waals surface area (Å²) < 4.78 is 1.63. The highest BCUT2D eigenvalue weighted by molar-refractivity contribution is 5.94. The van der Waals surface area contributed by atoms with Crippen molar-refractivity contribution in [1.29, 1.82) is 0 Å². The average molecular weight is 343 g/mol. The quantitative estimate of drug-likeness (QED) is 0.903. The maximum absolute atomic E-state index is 12.9. The van der Waals surface area contributed by atoms with Crippen LogP contribution in [0.2, 0.25) is 0 Å². The molecule has 2 aromatic heterocycles. The molecule has 2 amide bonds. The normalized spacial score (nSPS) is 18.3. The van der Waals surface area contributed by atoms with Gasteiger partial charge < -0.3 is 14.8 Å². The second-order valence-corrected chi connectivity index (χ2v) is 6.76. The minimum atomic E-state index is -0.0269. The molecule has 1 fully saturated rings. The van der Waals surface area contributed by atoms with Crippen LogP contribution >= 0.6 is 0 Å². The third-order valence-electron chi connectivity index (χ3n) is 4.90.